The summed E-state index contributed by atoms with van der Waals surface area (Å²) >= 11 is 11.0. The van der Waals surface area contributed by atoms with Gasteiger partial charge in [-0.15, -0.1) is 11.3 Å². The number of rotatable bonds is 3. The van der Waals surface area contributed by atoms with Gasteiger partial charge in [-0.25, -0.2) is 4.98 Å². The van der Waals surface area contributed by atoms with Gasteiger partial charge in [-0.3, -0.25) is 0 Å². The summed E-state index contributed by atoms with van der Waals surface area (Å²) in [5, 5.41) is 6.01. The number of benzene rings is 1. The Morgan fingerprint density at radius 3 is 3.07 bits per heavy atom. The lowest BCUT2D eigenvalue weighted by Crippen LogP contribution is -1.99. The minimum absolute atomic E-state index is 0.711. The van der Waals surface area contributed by atoms with Crippen molar-refractivity contribution in [2.24, 2.45) is 0 Å². The molecule has 0 saturated carbocycles. The zero-order valence-electron chi connectivity index (χ0n) is 7.71. The fraction of sp³-hybridized carbons (Fsp3) is 0.100. The first-order valence-electron chi connectivity index (χ1n) is 4.31. The number of aromatic nitrogens is 1. The number of thiazole rings is 1. The largest absolute Gasteiger partial charge is 0.378 e. The minimum Gasteiger partial charge on any atom is -0.378 e. The molecular weight excluding hydrogens is 296 g/mol. The molecule has 1 aromatic carbocycles. The lowest BCUT2D eigenvalue weighted by molar-refractivity contribution is 1.07. The van der Waals surface area contributed by atoms with Crippen LogP contribution in [0.2, 0.25) is 5.02 Å². The molecule has 0 amide bonds. The molecule has 0 atom stereocenters. The summed E-state index contributed by atoms with van der Waals surface area (Å²) < 4.78 is 1.00. The van der Waals surface area contributed by atoms with Gasteiger partial charge in [-0.05, 0) is 34.1 Å². The number of hydrogen-bond acceptors (Lipinski definition) is 3. The number of hydrogen-bond donors (Lipinski definition) is 1. The predicted octanol–water partition coefficient (Wildman–Crippen LogP) is 4.17. The molecule has 0 fully saturated rings. The van der Waals surface area contributed by atoms with Gasteiger partial charge < -0.3 is 5.32 Å². The van der Waals surface area contributed by atoms with E-state index in [0.717, 1.165) is 20.9 Å². The number of anilines is 1. The lowest BCUT2D eigenvalue weighted by atomic mass is 10.3. The van der Waals surface area contributed by atoms with Gasteiger partial charge in [-0.2, -0.15) is 0 Å². The van der Waals surface area contributed by atoms with Crippen LogP contribution in [0.25, 0.3) is 0 Å². The van der Waals surface area contributed by atoms with Gasteiger partial charge in [0.05, 0.1) is 23.4 Å². The summed E-state index contributed by atoms with van der Waals surface area (Å²) in [5.74, 6) is 0. The van der Waals surface area contributed by atoms with E-state index < -0.39 is 0 Å². The maximum atomic E-state index is 5.90. The maximum Gasteiger partial charge on any atom is 0.0795 e. The Labute approximate surface area is 105 Å². The standard InChI is InChI=1S/C10H8BrClN2S/c11-9-2-1-7(12)3-10(9)13-4-8-5-15-6-14-8/h1-3,5-6,13H,4H2. The first kappa shape index (κ1) is 10.9. The van der Waals surface area contributed by atoms with Gasteiger partial charge in [-0.1, -0.05) is 11.6 Å². The molecular formula is C10H8BrClN2S. The van der Waals surface area contributed by atoms with E-state index in [4.69, 9.17) is 11.6 Å². The Kier molecular flexibility index (Phi) is 3.61. The average molecular weight is 304 g/mol. The Balaban J connectivity index is 2.07. The van der Waals surface area contributed by atoms with Crippen molar-refractivity contribution in [1.29, 1.82) is 0 Å². The Bertz CT molecular complexity index is 445. The fourth-order valence-electron chi connectivity index (χ4n) is 1.14. The van der Waals surface area contributed by atoms with E-state index in [-0.39, 0.29) is 0 Å². The van der Waals surface area contributed by atoms with Gasteiger partial charge in [0.25, 0.3) is 0 Å². The van der Waals surface area contributed by atoms with Gasteiger partial charge in [0, 0.05) is 14.9 Å². The molecule has 0 aliphatic heterocycles. The molecule has 0 aliphatic carbocycles. The molecule has 0 spiro atoms. The van der Waals surface area contributed by atoms with Crippen molar-refractivity contribution in [2.75, 3.05) is 5.32 Å². The molecule has 0 radical (unpaired) electrons. The number of nitrogens with one attached hydrogen (secondary N) is 1. The molecule has 1 heterocycles. The topological polar surface area (TPSA) is 24.9 Å². The number of nitrogens with zero attached hydrogens (tertiary/aromatic N) is 1. The molecule has 15 heavy (non-hydrogen) atoms. The van der Waals surface area contributed by atoms with Crippen molar-refractivity contribution in [2.45, 2.75) is 6.54 Å². The van der Waals surface area contributed by atoms with Crippen molar-refractivity contribution in [3.63, 3.8) is 0 Å². The zero-order chi connectivity index (χ0) is 10.7. The lowest BCUT2D eigenvalue weighted by Gasteiger charge is -2.07. The highest BCUT2D eigenvalue weighted by molar-refractivity contribution is 9.10. The molecule has 0 saturated heterocycles. The van der Waals surface area contributed by atoms with Crippen molar-refractivity contribution >= 4 is 44.6 Å². The molecule has 2 nitrogen and oxygen atoms in total. The van der Waals surface area contributed by atoms with E-state index in [1.165, 1.54) is 0 Å². The Morgan fingerprint density at radius 1 is 1.47 bits per heavy atom. The summed E-state index contributed by atoms with van der Waals surface area (Å²) in [6.07, 6.45) is 0. The second-order valence-electron chi connectivity index (χ2n) is 2.96. The maximum absolute atomic E-state index is 5.90. The van der Waals surface area contributed by atoms with Crippen LogP contribution in [0.5, 0.6) is 0 Å². The SMILES string of the molecule is Clc1ccc(Br)c(NCc2cscn2)c1. The van der Waals surface area contributed by atoms with Crippen LogP contribution in [0.4, 0.5) is 5.69 Å². The van der Waals surface area contributed by atoms with Gasteiger partial charge >= 0.3 is 0 Å². The summed E-state index contributed by atoms with van der Waals surface area (Å²) in [5.41, 5.74) is 3.84. The quantitative estimate of drug-likeness (QED) is 0.920. The van der Waals surface area contributed by atoms with E-state index in [9.17, 15) is 0 Å². The van der Waals surface area contributed by atoms with E-state index in [0.29, 0.717) is 6.54 Å². The predicted molar refractivity (Wildman–Crippen MR) is 68.6 cm³/mol. The Morgan fingerprint density at radius 2 is 2.33 bits per heavy atom. The van der Waals surface area contributed by atoms with E-state index in [1.807, 2.05) is 29.1 Å². The van der Waals surface area contributed by atoms with Crippen molar-refractivity contribution in [1.82, 2.24) is 4.98 Å². The summed E-state index contributed by atoms with van der Waals surface area (Å²) in [7, 11) is 0. The van der Waals surface area contributed by atoms with Crippen LogP contribution in [0.3, 0.4) is 0 Å². The van der Waals surface area contributed by atoms with E-state index in [1.54, 1.807) is 11.3 Å². The van der Waals surface area contributed by atoms with Gasteiger partial charge in [0.15, 0.2) is 0 Å². The average Bonchev–Trinajstić information content (AvgIpc) is 2.72. The van der Waals surface area contributed by atoms with Crippen LogP contribution in [-0.2, 0) is 6.54 Å². The van der Waals surface area contributed by atoms with Crippen molar-refractivity contribution in [3.8, 4) is 0 Å². The van der Waals surface area contributed by atoms with Crippen molar-refractivity contribution < 1.29 is 0 Å². The molecule has 0 unspecified atom stereocenters. The van der Waals surface area contributed by atoms with Crippen molar-refractivity contribution in [3.05, 3.63) is 44.3 Å². The third-order valence-corrected chi connectivity index (χ3v) is 3.43. The second kappa shape index (κ2) is 4.96. The summed E-state index contributed by atoms with van der Waals surface area (Å²) in [6.45, 7) is 0.711. The summed E-state index contributed by atoms with van der Waals surface area (Å²) in [6, 6.07) is 5.66. The van der Waals surface area contributed by atoms with Crippen LogP contribution < -0.4 is 5.32 Å². The third-order valence-electron chi connectivity index (χ3n) is 1.87. The molecule has 5 heteroatoms. The van der Waals surface area contributed by atoms with E-state index in [2.05, 4.69) is 26.2 Å². The molecule has 1 N–H and O–H groups in total. The van der Waals surface area contributed by atoms with Gasteiger partial charge in [0.2, 0.25) is 0 Å². The Hall–Kier alpha value is -0.580. The van der Waals surface area contributed by atoms with Crippen LogP contribution in [0.15, 0.2) is 33.6 Å². The monoisotopic (exact) mass is 302 g/mol. The molecule has 0 bridgehead atoms. The second-order valence-corrected chi connectivity index (χ2v) is 4.97. The van der Waals surface area contributed by atoms with Crippen LogP contribution in [0, 0.1) is 0 Å². The highest BCUT2D eigenvalue weighted by atomic mass is 79.9. The van der Waals surface area contributed by atoms with Crippen LogP contribution >= 0.6 is 38.9 Å². The minimum atomic E-state index is 0.711. The third kappa shape index (κ3) is 2.93. The zero-order valence-corrected chi connectivity index (χ0v) is 10.9. The number of halogens is 2. The molecule has 1 aromatic heterocycles. The highest BCUT2D eigenvalue weighted by Gasteiger charge is 2.01. The smallest absolute Gasteiger partial charge is 0.0795 e. The molecule has 0 aliphatic rings. The van der Waals surface area contributed by atoms with Gasteiger partial charge in [0.1, 0.15) is 0 Å². The highest BCUT2D eigenvalue weighted by Crippen LogP contribution is 2.26. The van der Waals surface area contributed by atoms with Crippen LogP contribution in [-0.4, -0.2) is 4.98 Å². The molecule has 78 valence electrons. The van der Waals surface area contributed by atoms with Crippen LogP contribution in [0.1, 0.15) is 5.69 Å². The fourth-order valence-corrected chi connectivity index (χ4v) is 2.26. The molecule has 2 aromatic rings. The summed E-state index contributed by atoms with van der Waals surface area (Å²) in [4.78, 5) is 4.19. The normalized spacial score (nSPS) is 10.3. The first-order valence-corrected chi connectivity index (χ1v) is 6.43. The molecule has 2 rings (SSSR count). The first-order chi connectivity index (χ1) is 7.25. The van der Waals surface area contributed by atoms with E-state index >= 15 is 0 Å².